The van der Waals surface area contributed by atoms with Gasteiger partial charge in [-0.1, -0.05) is 13.8 Å². The van der Waals surface area contributed by atoms with E-state index in [-0.39, 0.29) is 0 Å². The fourth-order valence-electron chi connectivity index (χ4n) is 3.14. The molecule has 0 atom stereocenters. The highest BCUT2D eigenvalue weighted by Gasteiger charge is 2.47. The van der Waals surface area contributed by atoms with Gasteiger partial charge in [0.25, 0.3) is 0 Å². The number of alkyl halides is 6. The zero-order valence-corrected chi connectivity index (χ0v) is 17.1. The van der Waals surface area contributed by atoms with Crippen LogP contribution in [0.15, 0.2) is 9.79 Å². The summed E-state index contributed by atoms with van der Waals surface area (Å²) in [6.45, 7) is 1.21. The molecular weight excluding hydrogens is 486 g/mol. The van der Waals surface area contributed by atoms with E-state index in [1.807, 2.05) is 0 Å². The molecule has 0 aliphatic carbocycles. The van der Waals surface area contributed by atoms with E-state index < -0.39 is 84.5 Å². The summed E-state index contributed by atoms with van der Waals surface area (Å²) >= 11 is 6.69. The van der Waals surface area contributed by atoms with Crippen LogP contribution < -0.4 is 11.5 Å². The third-order valence-corrected chi connectivity index (χ3v) is 5.52. The van der Waals surface area contributed by atoms with Gasteiger partial charge in [0, 0.05) is 26.3 Å². The normalized spacial score (nSPS) is 13.1. The number of thiol groups is 2. The molecule has 0 amide bonds. The van der Waals surface area contributed by atoms with Crippen molar-refractivity contribution < 1.29 is 43.9 Å². The predicted molar refractivity (Wildman–Crippen MR) is 98.2 cm³/mol. The highest BCUT2D eigenvalue weighted by Crippen LogP contribution is 2.49. The van der Waals surface area contributed by atoms with Gasteiger partial charge in [-0.3, -0.25) is 0 Å². The molecule has 0 saturated heterocycles. The second-order valence-electron chi connectivity index (χ2n) is 6.90. The quantitative estimate of drug-likeness (QED) is 0.222. The summed E-state index contributed by atoms with van der Waals surface area (Å²) in [5.41, 5.74) is -2.57. The van der Waals surface area contributed by atoms with E-state index in [1.54, 1.807) is 0 Å². The summed E-state index contributed by atoms with van der Waals surface area (Å²) < 4.78 is 139. The first-order valence-corrected chi connectivity index (χ1v) is 8.81. The number of halogens is 10. The standard InChI is InChI=1S/C17H12F10N2S2/c1-15(2,3-7(18)5(16(22,23)24)13(30)11(28)9(3)20)4-8(19)6(17(25,26)27)14(31)12(29)10(4)21/h30-31H,28-29H2,1-2H3. The Balaban J connectivity index is 3.09. The first-order valence-electron chi connectivity index (χ1n) is 7.91. The maximum atomic E-state index is 14.9. The molecule has 2 aromatic rings. The summed E-state index contributed by atoms with van der Waals surface area (Å²) in [4.78, 5) is -2.69. The van der Waals surface area contributed by atoms with Crippen LogP contribution in [0.3, 0.4) is 0 Å². The number of nitrogen functional groups attached to an aromatic ring is 2. The number of hydrogen-bond donors (Lipinski definition) is 4. The molecule has 2 nitrogen and oxygen atoms in total. The fourth-order valence-corrected chi connectivity index (χ4v) is 3.78. The Morgan fingerprint density at radius 1 is 0.548 bits per heavy atom. The smallest absolute Gasteiger partial charge is 0.395 e. The number of rotatable bonds is 2. The Bertz CT molecular complexity index is 992. The Labute approximate surface area is 179 Å². The summed E-state index contributed by atoms with van der Waals surface area (Å²) in [5.74, 6) is -8.48. The molecule has 0 aromatic heterocycles. The zero-order valence-electron chi connectivity index (χ0n) is 15.3. The lowest BCUT2D eigenvalue weighted by molar-refractivity contribution is -0.143. The summed E-state index contributed by atoms with van der Waals surface area (Å²) in [6, 6.07) is 0. The molecule has 14 heteroatoms. The van der Waals surface area contributed by atoms with Crippen molar-refractivity contribution in [1.29, 1.82) is 0 Å². The van der Waals surface area contributed by atoms with Gasteiger partial charge in [0.2, 0.25) is 0 Å². The van der Waals surface area contributed by atoms with Crippen molar-refractivity contribution in [1.82, 2.24) is 0 Å². The van der Waals surface area contributed by atoms with Crippen molar-refractivity contribution in [3.05, 3.63) is 45.5 Å². The lowest BCUT2D eigenvalue weighted by atomic mass is 9.75. The summed E-state index contributed by atoms with van der Waals surface area (Å²) in [7, 11) is 0. The Hall–Kier alpha value is -1.96. The van der Waals surface area contributed by atoms with E-state index in [1.165, 1.54) is 0 Å². The maximum absolute atomic E-state index is 14.9. The van der Waals surface area contributed by atoms with Gasteiger partial charge in [0.15, 0.2) is 11.6 Å². The van der Waals surface area contributed by atoms with Crippen LogP contribution in [-0.2, 0) is 17.8 Å². The average molecular weight is 498 g/mol. The van der Waals surface area contributed by atoms with Crippen LogP contribution in [0.1, 0.15) is 36.1 Å². The lowest BCUT2D eigenvalue weighted by Gasteiger charge is -2.31. The molecular formula is C17H12F10N2S2. The molecule has 0 spiro atoms. The highest BCUT2D eigenvalue weighted by atomic mass is 32.1. The molecule has 4 N–H and O–H groups in total. The predicted octanol–water partition coefficient (Wildman–Crippen LogP) is 6.35. The molecule has 0 fully saturated rings. The molecule has 0 radical (unpaired) electrons. The van der Waals surface area contributed by atoms with Gasteiger partial charge in [-0.15, -0.1) is 25.3 Å². The number of benzene rings is 2. The van der Waals surface area contributed by atoms with Crippen molar-refractivity contribution >= 4 is 36.6 Å². The average Bonchev–Trinajstić information content (AvgIpc) is 2.55. The van der Waals surface area contributed by atoms with Gasteiger partial charge in [-0.05, 0) is 0 Å². The number of nitrogens with two attached hydrogens (primary N) is 2. The zero-order chi connectivity index (χ0) is 24.4. The van der Waals surface area contributed by atoms with Crippen molar-refractivity contribution in [2.45, 2.75) is 41.4 Å². The number of hydrogen-bond acceptors (Lipinski definition) is 4. The van der Waals surface area contributed by atoms with E-state index in [0.717, 1.165) is 0 Å². The van der Waals surface area contributed by atoms with Crippen LogP contribution in [0.4, 0.5) is 55.3 Å². The SMILES string of the molecule is CC(C)(c1c(F)c(N)c(S)c(C(F)(F)F)c1F)c1c(F)c(N)c(S)c(C(F)(F)F)c1F. The monoisotopic (exact) mass is 498 g/mol. The van der Waals surface area contributed by atoms with Crippen LogP contribution in [0.5, 0.6) is 0 Å². The molecule has 0 aliphatic heterocycles. The molecule has 172 valence electrons. The minimum absolute atomic E-state index is 0.603. The van der Waals surface area contributed by atoms with Crippen molar-refractivity contribution in [3.63, 3.8) is 0 Å². The Morgan fingerprint density at radius 2 is 0.806 bits per heavy atom. The van der Waals surface area contributed by atoms with Gasteiger partial charge in [0.05, 0.1) is 11.4 Å². The number of anilines is 2. The van der Waals surface area contributed by atoms with Gasteiger partial charge in [0.1, 0.15) is 22.8 Å². The topological polar surface area (TPSA) is 52.0 Å². The molecule has 0 aliphatic rings. The van der Waals surface area contributed by atoms with E-state index >= 15 is 0 Å². The molecule has 0 heterocycles. The van der Waals surface area contributed by atoms with Crippen molar-refractivity contribution in [2.75, 3.05) is 11.5 Å². The summed E-state index contributed by atoms with van der Waals surface area (Å²) in [5, 5.41) is 0. The van der Waals surface area contributed by atoms with Crippen LogP contribution in [0, 0.1) is 23.3 Å². The van der Waals surface area contributed by atoms with Crippen LogP contribution >= 0.6 is 25.3 Å². The highest BCUT2D eigenvalue weighted by molar-refractivity contribution is 7.80. The Morgan fingerprint density at radius 3 is 1.03 bits per heavy atom. The minimum atomic E-state index is -5.48. The van der Waals surface area contributed by atoms with E-state index in [0.29, 0.717) is 13.8 Å². The maximum Gasteiger partial charge on any atom is 0.420 e. The third kappa shape index (κ3) is 3.88. The van der Waals surface area contributed by atoms with Crippen molar-refractivity contribution in [3.8, 4) is 0 Å². The lowest BCUT2D eigenvalue weighted by Crippen LogP contribution is -2.30. The van der Waals surface area contributed by atoms with Crippen LogP contribution in [-0.4, -0.2) is 0 Å². The van der Waals surface area contributed by atoms with Gasteiger partial charge in [-0.25, -0.2) is 17.6 Å². The Kier molecular flexibility index (Phi) is 6.18. The first kappa shape index (κ1) is 25.3. The van der Waals surface area contributed by atoms with Crippen molar-refractivity contribution in [2.24, 2.45) is 0 Å². The molecule has 31 heavy (non-hydrogen) atoms. The van der Waals surface area contributed by atoms with Crippen LogP contribution in [0.25, 0.3) is 0 Å². The molecule has 0 saturated carbocycles. The minimum Gasteiger partial charge on any atom is -0.395 e. The molecule has 2 aromatic carbocycles. The summed E-state index contributed by atoms with van der Waals surface area (Å²) in [6.07, 6.45) is -11.0. The second kappa shape index (κ2) is 7.57. The van der Waals surface area contributed by atoms with Gasteiger partial charge >= 0.3 is 12.4 Å². The van der Waals surface area contributed by atoms with Gasteiger partial charge < -0.3 is 11.5 Å². The molecule has 2 rings (SSSR count). The molecule has 0 unspecified atom stereocenters. The van der Waals surface area contributed by atoms with E-state index in [4.69, 9.17) is 11.5 Å². The largest absolute Gasteiger partial charge is 0.420 e. The van der Waals surface area contributed by atoms with E-state index in [2.05, 4.69) is 25.3 Å². The fraction of sp³-hybridized carbons (Fsp3) is 0.294. The van der Waals surface area contributed by atoms with Crippen LogP contribution in [0.2, 0.25) is 0 Å². The van der Waals surface area contributed by atoms with E-state index in [9.17, 15) is 43.9 Å². The third-order valence-electron chi connectivity index (χ3n) is 4.59. The first-order chi connectivity index (χ1) is 13.8. The molecule has 0 bridgehead atoms. The van der Waals surface area contributed by atoms with Gasteiger partial charge in [-0.2, -0.15) is 26.3 Å². The second-order valence-corrected chi connectivity index (χ2v) is 7.80.